The number of nitrogens with one attached hydrogen (secondary N) is 1. The topological polar surface area (TPSA) is 65.4 Å². The van der Waals surface area contributed by atoms with E-state index in [0.29, 0.717) is 31.7 Å². The monoisotopic (exact) mass is 337 g/mol. The van der Waals surface area contributed by atoms with E-state index in [9.17, 15) is 4.79 Å². The van der Waals surface area contributed by atoms with Gasteiger partial charge in [-0.15, -0.1) is 0 Å². The van der Waals surface area contributed by atoms with Crippen LogP contribution in [0.1, 0.15) is 23.1 Å². The van der Waals surface area contributed by atoms with Crippen molar-refractivity contribution in [2.75, 3.05) is 20.6 Å². The summed E-state index contributed by atoms with van der Waals surface area (Å²) in [6, 6.07) is 17.4. The van der Waals surface area contributed by atoms with Crippen LogP contribution in [-0.2, 0) is 17.9 Å². The van der Waals surface area contributed by atoms with Gasteiger partial charge in [0, 0.05) is 39.2 Å². The third-order valence-electron chi connectivity index (χ3n) is 3.77. The Labute approximate surface area is 148 Å². The van der Waals surface area contributed by atoms with Crippen LogP contribution in [-0.4, -0.2) is 31.4 Å². The van der Waals surface area contributed by atoms with Crippen LogP contribution >= 0.6 is 0 Å². The molecule has 0 saturated carbocycles. The predicted octanol–water partition coefficient (Wildman–Crippen LogP) is 2.71. The Morgan fingerprint density at radius 2 is 2.00 bits per heavy atom. The lowest BCUT2D eigenvalue weighted by molar-refractivity contribution is -0.128. The highest BCUT2D eigenvalue weighted by Gasteiger charge is 2.04. The first-order valence-corrected chi connectivity index (χ1v) is 8.21. The Morgan fingerprint density at radius 1 is 1.20 bits per heavy atom. The van der Waals surface area contributed by atoms with E-state index in [4.69, 9.17) is 10.00 Å². The fourth-order valence-corrected chi connectivity index (χ4v) is 2.31. The van der Waals surface area contributed by atoms with Crippen LogP contribution < -0.4 is 10.1 Å². The molecule has 0 fully saturated rings. The van der Waals surface area contributed by atoms with Crippen molar-refractivity contribution in [3.05, 3.63) is 65.2 Å². The molecule has 0 radical (unpaired) electrons. The van der Waals surface area contributed by atoms with Gasteiger partial charge in [-0.3, -0.25) is 4.79 Å². The Balaban J connectivity index is 1.84. The lowest BCUT2D eigenvalue weighted by Gasteiger charge is -2.11. The molecule has 0 unspecified atom stereocenters. The van der Waals surface area contributed by atoms with Crippen LogP contribution in [0.2, 0.25) is 0 Å². The summed E-state index contributed by atoms with van der Waals surface area (Å²) in [5.74, 6) is 0.872. The van der Waals surface area contributed by atoms with Crippen molar-refractivity contribution in [1.82, 2.24) is 10.2 Å². The van der Waals surface area contributed by atoms with Gasteiger partial charge in [-0.25, -0.2) is 0 Å². The van der Waals surface area contributed by atoms with Crippen LogP contribution in [0, 0.1) is 11.3 Å². The molecule has 5 nitrogen and oxygen atoms in total. The van der Waals surface area contributed by atoms with Gasteiger partial charge < -0.3 is 15.0 Å². The van der Waals surface area contributed by atoms with E-state index in [0.717, 1.165) is 16.9 Å². The van der Waals surface area contributed by atoms with Crippen LogP contribution in [0.25, 0.3) is 0 Å². The first kappa shape index (κ1) is 18.5. The molecule has 0 saturated heterocycles. The zero-order valence-corrected chi connectivity index (χ0v) is 14.7. The van der Waals surface area contributed by atoms with Gasteiger partial charge in [-0.2, -0.15) is 5.26 Å². The van der Waals surface area contributed by atoms with Crippen molar-refractivity contribution in [2.24, 2.45) is 0 Å². The van der Waals surface area contributed by atoms with E-state index in [2.05, 4.69) is 11.4 Å². The molecule has 0 aliphatic heterocycles. The van der Waals surface area contributed by atoms with Crippen LogP contribution in [0.4, 0.5) is 0 Å². The molecule has 2 aromatic carbocycles. The third-order valence-corrected chi connectivity index (χ3v) is 3.77. The lowest BCUT2D eigenvalue weighted by Crippen LogP contribution is -2.26. The van der Waals surface area contributed by atoms with Gasteiger partial charge >= 0.3 is 0 Å². The first-order chi connectivity index (χ1) is 12.1. The number of carbonyl (C=O) groups is 1. The standard InChI is InChI=1S/C20H23N3O2/c1-23(2)20(24)10-11-22-14-16-6-5-9-19(12-16)25-15-18-8-4-3-7-17(18)13-21/h3-9,12,22H,10-11,14-15H2,1-2H3. The Kier molecular flexibility index (Phi) is 7.00. The molecule has 1 N–H and O–H groups in total. The molecule has 0 heterocycles. The van der Waals surface area contributed by atoms with Gasteiger partial charge in [0.2, 0.25) is 5.91 Å². The van der Waals surface area contributed by atoms with E-state index in [1.807, 2.05) is 42.5 Å². The van der Waals surface area contributed by atoms with Crippen LogP contribution in [0.15, 0.2) is 48.5 Å². The number of nitrogens with zero attached hydrogens (tertiary/aromatic N) is 2. The molecule has 0 spiro atoms. The quantitative estimate of drug-likeness (QED) is 0.752. The summed E-state index contributed by atoms with van der Waals surface area (Å²) in [5.41, 5.74) is 2.59. The van der Waals surface area contributed by atoms with Gasteiger partial charge in [0.05, 0.1) is 11.6 Å². The molecule has 0 atom stereocenters. The summed E-state index contributed by atoms with van der Waals surface area (Å²) in [4.78, 5) is 13.1. The molecule has 5 heteroatoms. The highest BCUT2D eigenvalue weighted by Crippen LogP contribution is 2.16. The van der Waals surface area contributed by atoms with Gasteiger partial charge in [-0.05, 0) is 23.8 Å². The van der Waals surface area contributed by atoms with Crippen molar-refractivity contribution < 1.29 is 9.53 Å². The smallest absolute Gasteiger partial charge is 0.223 e. The summed E-state index contributed by atoms with van der Waals surface area (Å²) in [6.07, 6.45) is 0.480. The van der Waals surface area contributed by atoms with E-state index in [1.54, 1.807) is 25.1 Å². The molecular weight excluding hydrogens is 314 g/mol. The van der Waals surface area contributed by atoms with Crippen molar-refractivity contribution in [2.45, 2.75) is 19.6 Å². The maximum atomic E-state index is 11.5. The fraction of sp³-hybridized carbons (Fsp3) is 0.300. The average Bonchev–Trinajstić information content (AvgIpc) is 2.63. The summed E-state index contributed by atoms with van der Waals surface area (Å²) < 4.78 is 5.81. The van der Waals surface area contributed by atoms with Crippen LogP contribution in [0.5, 0.6) is 5.75 Å². The van der Waals surface area contributed by atoms with E-state index < -0.39 is 0 Å². The molecule has 0 aliphatic rings. The maximum absolute atomic E-state index is 11.5. The van der Waals surface area contributed by atoms with Gasteiger partial charge in [0.1, 0.15) is 12.4 Å². The summed E-state index contributed by atoms with van der Waals surface area (Å²) >= 11 is 0. The number of benzene rings is 2. The predicted molar refractivity (Wildman–Crippen MR) is 96.9 cm³/mol. The summed E-state index contributed by atoms with van der Waals surface area (Å²) in [7, 11) is 3.52. The fourth-order valence-electron chi connectivity index (χ4n) is 2.31. The molecule has 2 aromatic rings. The molecule has 2 rings (SSSR count). The second-order valence-electron chi connectivity index (χ2n) is 5.92. The minimum Gasteiger partial charge on any atom is -0.489 e. The minimum absolute atomic E-state index is 0.112. The zero-order chi connectivity index (χ0) is 18.1. The number of carbonyl (C=O) groups excluding carboxylic acids is 1. The number of rotatable bonds is 8. The first-order valence-electron chi connectivity index (χ1n) is 8.21. The SMILES string of the molecule is CN(C)C(=O)CCNCc1cccc(OCc2ccccc2C#N)c1. The highest BCUT2D eigenvalue weighted by atomic mass is 16.5. The molecular formula is C20H23N3O2. The molecule has 25 heavy (non-hydrogen) atoms. The minimum atomic E-state index is 0.112. The van der Waals surface area contributed by atoms with Crippen LogP contribution in [0.3, 0.4) is 0 Å². The molecule has 0 aromatic heterocycles. The Hall–Kier alpha value is -2.84. The van der Waals surface area contributed by atoms with E-state index in [-0.39, 0.29) is 5.91 Å². The third kappa shape index (κ3) is 5.94. The summed E-state index contributed by atoms with van der Waals surface area (Å²) in [6.45, 7) is 1.67. The maximum Gasteiger partial charge on any atom is 0.223 e. The number of ether oxygens (including phenoxy) is 1. The number of hydrogen-bond donors (Lipinski definition) is 1. The number of amides is 1. The highest BCUT2D eigenvalue weighted by molar-refractivity contribution is 5.75. The Morgan fingerprint density at radius 3 is 2.76 bits per heavy atom. The van der Waals surface area contributed by atoms with Crippen molar-refractivity contribution in [1.29, 1.82) is 5.26 Å². The summed E-state index contributed by atoms with van der Waals surface area (Å²) in [5, 5.41) is 12.4. The van der Waals surface area contributed by atoms with Crippen molar-refractivity contribution >= 4 is 5.91 Å². The lowest BCUT2D eigenvalue weighted by atomic mass is 10.1. The molecule has 1 amide bonds. The number of nitriles is 1. The molecule has 130 valence electrons. The van der Waals surface area contributed by atoms with E-state index in [1.165, 1.54) is 0 Å². The van der Waals surface area contributed by atoms with Gasteiger partial charge in [0.15, 0.2) is 0 Å². The normalized spacial score (nSPS) is 10.1. The van der Waals surface area contributed by atoms with E-state index >= 15 is 0 Å². The van der Waals surface area contributed by atoms with Gasteiger partial charge in [0.25, 0.3) is 0 Å². The largest absolute Gasteiger partial charge is 0.489 e. The van der Waals surface area contributed by atoms with Gasteiger partial charge in [-0.1, -0.05) is 30.3 Å². The molecule has 0 bridgehead atoms. The number of hydrogen-bond acceptors (Lipinski definition) is 4. The average molecular weight is 337 g/mol. The molecule has 0 aliphatic carbocycles. The second-order valence-corrected chi connectivity index (χ2v) is 5.92. The second kappa shape index (κ2) is 9.45. The van der Waals surface area contributed by atoms with Crippen molar-refractivity contribution in [3.8, 4) is 11.8 Å². The zero-order valence-electron chi connectivity index (χ0n) is 14.7. The van der Waals surface area contributed by atoms with Crippen molar-refractivity contribution in [3.63, 3.8) is 0 Å². The Bertz CT molecular complexity index is 751.